The standard InChI is InChI=1S/C9H14BrNO2/c1-6-3-8(7(2)12)11(5-6)9(13)4-10/h6,8H,3-5H2,1-2H3. The highest BCUT2D eigenvalue weighted by Crippen LogP contribution is 2.23. The molecule has 4 heteroatoms. The van der Waals surface area contributed by atoms with Gasteiger partial charge in [-0.1, -0.05) is 22.9 Å². The molecule has 0 aliphatic carbocycles. The molecule has 0 spiro atoms. The molecule has 0 saturated carbocycles. The molecular weight excluding hydrogens is 234 g/mol. The molecule has 1 aliphatic rings. The van der Waals surface area contributed by atoms with E-state index in [0.717, 1.165) is 6.42 Å². The monoisotopic (exact) mass is 247 g/mol. The number of carbonyl (C=O) groups excluding carboxylic acids is 2. The Labute approximate surface area is 86.6 Å². The van der Waals surface area contributed by atoms with Crippen molar-refractivity contribution in [1.29, 1.82) is 0 Å². The molecular formula is C9H14BrNO2. The van der Waals surface area contributed by atoms with Crippen LogP contribution in [0.25, 0.3) is 0 Å². The van der Waals surface area contributed by atoms with E-state index in [4.69, 9.17) is 0 Å². The minimum Gasteiger partial charge on any atom is -0.332 e. The van der Waals surface area contributed by atoms with Gasteiger partial charge in [-0.3, -0.25) is 9.59 Å². The fourth-order valence-electron chi connectivity index (χ4n) is 1.78. The maximum atomic E-state index is 11.4. The second kappa shape index (κ2) is 4.22. The zero-order valence-electron chi connectivity index (χ0n) is 7.92. The lowest BCUT2D eigenvalue weighted by atomic mass is 10.1. The molecule has 1 rings (SSSR count). The Balaban J connectivity index is 2.71. The maximum absolute atomic E-state index is 11.4. The number of amides is 1. The van der Waals surface area contributed by atoms with Gasteiger partial charge < -0.3 is 4.90 Å². The average molecular weight is 248 g/mol. The van der Waals surface area contributed by atoms with Gasteiger partial charge in [-0.25, -0.2) is 0 Å². The van der Waals surface area contributed by atoms with E-state index in [-0.39, 0.29) is 17.7 Å². The molecule has 2 atom stereocenters. The Morgan fingerprint density at radius 1 is 1.54 bits per heavy atom. The van der Waals surface area contributed by atoms with E-state index in [1.807, 2.05) is 0 Å². The third kappa shape index (κ3) is 2.30. The molecule has 1 amide bonds. The van der Waals surface area contributed by atoms with Gasteiger partial charge in [0, 0.05) is 6.54 Å². The Hall–Kier alpha value is -0.380. The lowest BCUT2D eigenvalue weighted by Gasteiger charge is -2.21. The van der Waals surface area contributed by atoms with Crippen LogP contribution < -0.4 is 0 Å². The van der Waals surface area contributed by atoms with Crippen LogP contribution in [0.2, 0.25) is 0 Å². The molecule has 1 fully saturated rings. The van der Waals surface area contributed by atoms with Crippen molar-refractivity contribution in [2.24, 2.45) is 5.92 Å². The number of hydrogen-bond donors (Lipinski definition) is 0. The lowest BCUT2D eigenvalue weighted by Crippen LogP contribution is -2.40. The Morgan fingerprint density at radius 3 is 2.62 bits per heavy atom. The summed E-state index contributed by atoms with van der Waals surface area (Å²) in [6, 6.07) is -0.181. The van der Waals surface area contributed by atoms with E-state index in [9.17, 15) is 9.59 Å². The average Bonchev–Trinajstić information content (AvgIpc) is 2.46. The van der Waals surface area contributed by atoms with Crippen molar-refractivity contribution < 1.29 is 9.59 Å². The van der Waals surface area contributed by atoms with E-state index in [2.05, 4.69) is 22.9 Å². The number of carbonyl (C=O) groups is 2. The van der Waals surface area contributed by atoms with E-state index in [0.29, 0.717) is 17.8 Å². The van der Waals surface area contributed by atoms with Gasteiger partial charge in [0.05, 0.1) is 11.4 Å². The van der Waals surface area contributed by atoms with Gasteiger partial charge in [0.2, 0.25) is 5.91 Å². The first-order valence-corrected chi connectivity index (χ1v) is 5.54. The molecule has 1 heterocycles. The van der Waals surface area contributed by atoms with Crippen LogP contribution in [0, 0.1) is 5.92 Å². The molecule has 2 unspecified atom stereocenters. The van der Waals surface area contributed by atoms with Gasteiger partial charge in [0.15, 0.2) is 5.78 Å². The SMILES string of the molecule is CC(=O)C1CC(C)CN1C(=O)CBr. The summed E-state index contributed by atoms with van der Waals surface area (Å²) in [6.45, 7) is 4.34. The van der Waals surface area contributed by atoms with Crippen LogP contribution in [0.15, 0.2) is 0 Å². The predicted molar refractivity (Wildman–Crippen MR) is 53.8 cm³/mol. The molecule has 0 aromatic heterocycles. The van der Waals surface area contributed by atoms with E-state index >= 15 is 0 Å². The largest absolute Gasteiger partial charge is 0.332 e. The first-order chi connectivity index (χ1) is 6.06. The van der Waals surface area contributed by atoms with Crippen LogP contribution in [-0.2, 0) is 9.59 Å². The summed E-state index contributed by atoms with van der Waals surface area (Å²) in [5, 5.41) is 0.309. The summed E-state index contributed by atoms with van der Waals surface area (Å²) in [6.07, 6.45) is 0.814. The van der Waals surface area contributed by atoms with E-state index < -0.39 is 0 Å². The van der Waals surface area contributed by atoms with E-state index in [1.54, 1.807) is 11.8 Å². The number of halogens is 1. The molecule has 0 bridgehead atoms. The highest BCUT2D eigenvalue weighted by atomic mass is 79.9. The van der Waals surface area contributed by atoms with Crippen molar-refractivity contribution in [1.82, 2.24) is 4.90 Å². The molecule has 1 saturated heterocycles. The normalized spacial score (nSPS) is 27.8. The molecule has 1 aliphatic heterocycles. The summed E-state index contributed by atoms with van der Waals surface area (Å²) >= 11 is 3.12. The first-order valence-electron chi connectivity index (χ1n) is 4.42. The van der Waals surface area contributed by atoms with Gasteiger partial charge in [0.1, 0.15) is 0 Å². The van der Waals surface area contributed by atoms with Crippen molar-refractivity contribution in [3.63, 3.8) is 0 Å². The van der Waals surface area contributed by atoms with Crippen molar-refractivity contribution in [3.05, 3.63) is 0 Å². The van der Waals surface area contributed by atoms with Crippen molar-refractivity contribution in [3.8, 4) is 0 Å². The molecule has 0 aromatic carbocycles. The fourth-order valence-corrected chi connectivity index (χ4v) is 2.11. The maximum Gasteiger partial charge on any atom is 0.233 e. The minimum absolute atomic E-state index is 0.0181. The van der Waals surface area contributed by atoms with Gasteiger partial charge in [-0.2, -0.15) is 0 Å². The quantitative estimate of drug-likeness (QED) is 0.689. The topological polar surface area (TPSA) is 37.4 Å². The van der Waals surface area contributed by atoms with Gasteiger partial charge >= 0.3 is 0 Å². The van der Waals surface area contributed by atoms with Crippen LogP contribution in [0.5, 0.6) is 0 Å². The molecule has 13 heavy (non-hydrogen) atoms. The molecule has 3 nitrogen and oxygen atoms in total. The van der Waals surface area contributed by atoms with Crippen LogP contribution in [-0.4, -0.2) is 34.5 Å². The number of alkyl halides is 1. The lowest BCUT2D eigenvalue weighted by molar-refractivity contribution is -0.134. The second-order valence-electron chi connectivity index (χ2n) is 3.65. The third-order valence-corrected chi connectivity index (χ3v) is 2.89. The molecule has 74 valence electrons. The molecule has 0 radical (unpaired) electrons. The number of hydrogen-bond acceptors (Lipinski definition) is 2. The third-order valence-electron chi connectivity index (χ3n) is 2.41. The summed E-state index contributed by atoms with van der Waals surface area (Å²) in [7, 11) is 0. The highest BCUT2D eigenvalue weighted by Gasteiger charge is 2.34. The zero-order chi connectivity index (χ0) is 10.0. The summed E-state index contributed by atoms with van der Waals surface area (Å²) in [5.74, 6) is 0.556. The fraction of sp³-hybridized carbons (Fsp3) is 0.778. The predicted octanol–water partition coefficient (Wildman–Crippen LogP) is 1.21. The van der Waals surface area contributed by atoms with Gasteiger partial charge in [-0.05, 0) is 19.3 Å². The summed E-state index contributed by atoms with van der Waals surface area (Å²) < 4.78 is 0. The first kappa shape index (κ1) is 10.7. The van der Waals surface area contributed by atoms with Crippen molar-refractivity contribution >= 4 is 27.6 Å². The van der Waals surface area contributed by atoms with Crippen molar-refractivity contribution in [2.75, 3.05) is 11.9 Å². The zero-order valence-corrected chi connectivity index (χ0v) is 9.50. The smallest absolute Gasteiger partial charge is 0.233 e. The van der Waals surface area contributed by atoms with Crippen LogP contribution in [0.4, 0.5) is 0 Å². The summed E-state index contributed by atoms with van der Waals surface area (Å²) in [4.78, 5) is 24.3. The minimum atomic E-state index is -0.181. The molecule has 0 N–H and O–H groups in total. The number of rotatable bonds is 2. The van der Waals surface area contributed by atoms with E-state index in [1.165, 1.54) is 0 Å². The van der Waals surface area contributed by atoms with Gasteiger partial charge in [0.25, 0.3) is 0 Å². The van der Waals surface area contributed by atoms with Gasteiger partial charge in [-0.15, -0.1) is 0 Å². The second-order valence-corrected chi connectivity index (χ2v) is 4.21. The number of ketones is 1. The Kier molecular flexibility index (Phi) is 3.47. The van der Waals surface area contributed by atoms with Crippen molar-refractivity contribution in [2.45, 2.75) is 26.3 Å². The van der Waals surface area contributed by atoms with Crippen LogP contribution >= 0.6 is 15.9 Å². The number of Topliss-reactive ketones (excluding diaryl/α,β-unsaturated/α-hetero) is 1. The number of nitrogens with zero attached hydrogens (tertiary/aromatic N) is 1. The Bertz CT molecular complexity index is 230. The van der Waals surface area contributed by atoms with Crippen LogP contribution in [0.3, 0.4) is 0 Å². The summed E-state index contributed by atoms with van der Waals surface area (Å²) in [5.41, 5.74) is 0. The van der Waals surface area contributed by atoms with Crippen LogP contribution in [0.1, 0.15) is 20.3 Å². The number of likely N-dealkylation sites (tertiary alicyclic amines) is 1. The highest BCUT2D eigenvalue weighted by molar-refractivity contribution is 9.09. The molecule has 0 aromatic rings. The Morgan fingerprint density at radius 2 is 2.15 bits per heavy atom.